The van der Waals surface area contributed by atoms with Crippen LogP contribution in [0.25, 0.3) is 0 Å². The summed E-state index contributed by atoms with van der Waals surface area (Å²) < 4.78 is 0. The summed E-state index contributed by atoms with van der Waals surface area (Å²) in [6, 6.07) is 6.21. The van der Waals surface area contributed by atoms with Crippen molar-refractivity contribution in [3.8, 4) is 5.75 Å². The monoisotopic (exact) mass is 265 g/mol. The number of nitrogens with two attached hydrogens (primary N) is 1. The van der Waals surface area contributed by atoms with Crippen LogP contribution in [0.2, 0.25) is 0 Å². The molecule has 1 aromatic carbocycles. The Balaban J connectivity index is 2.50. The van der Waals surface area contributed by atoms with Crippen molar-refractivity contribution in [3.05, 3.63) is 29.8 Å². The molecule has 1 unspecified atom stereocenters. The number of nitrogens with zero attached hydrogens (tertiary/aromatic N) is 2. The lowest BCUT2D eigenvalue weighted by atomic mass is 10.1. The minimum Gasteiger partial charge on any atom is -0.508 e. The first-order chi connectivity index (χ1) is 8.90. The molecule has 0 saturated heterocycles. The molecule has 0 radical (unpaired) electrons. The number of carbonyl (C=O) groups excluding carboxylic acids is 1. The van der Waals surface area contributed by atoms with Gasteiger partial charge < -0.3 is 20.6 Å². The fourth-order valence-electron chi connectivity index (χ4n) is 1.72. The van der Waals surface area contributed by atoms with Gasteiger partial charge in [-0.25, -0.2) is 0 Å². The molecule has 0 aliphatic rings. The Morgan fingerprint density at radius 2 is 1.79 bits per heavy atom. The molecule has 0 bridgehead atoms. The molecule has 5 nitrogen and oxygen atoms in total. The molecule has 1 atom stereocenters. The summed E-state index contributed by atoms with van der Waals surface area (Å²) in [5.74, 6) is 0.154. The molecule has 0 aliphatic carbocycles. The topological polar surface area (TPSA) is 69.8 Å². The largest absolute Gasteiger partial charge is 0.508 e. The third-order valence-electron chi connectivity index (χ3n) is 2.97. The zero-order chi connectivity index (χ0) is 14.4. The smallest absolute Gasteiger partial charge is 0.239 e. The second-order valence-electron chi connectivity index (χ2n) is 5.04. The Bertz CT molecular complexity index is 404. The molecule has 1 rings (SSSR count). The van der Waals surface area contributed by atoms with Gasteiger partial charge in [0.2, 0.25) is 5.91 Å². The fraction of sp³-hybridized carbons (Fsp3) is 0.500. The number of likely N-dealkylation sites (N-methyl/N-ethyl adjacent to an activating group) is 2. The summed E-state index contributed by atoms with van der Waals surface area (Å²) in [6.45, 7) is 1.48. The van der Waals surface area contributed by atoms with E-state index < -0.39 is 6.04 Å². The van der Waals surface area contributed by atoms with E-state index in [9.17, 15) is 9.90 Å². The van der Waals surface area contributed by atoms with E-state index in [0.29, 0.717) is 13.0 Å². The number of hydrogen-bond donors (Lipinski definition) is 2. The number of carbonyl (C=O) groups is 1. The predicted molar refractivity (Wildman–Crippen MR) is 76.0 cm³/mol. The molecule has 106 valence electrons. The van der Waals surface area contributed by atoms with E-state index in [1.807, 2.05) is 19.0 Å². The summed E-state index contributed by atoms with van der Waals surface area (Å²) in [5.41, 5.74) is 6.87. The number of phenolic OH excluding ortho intramolecular Hbond substituents is 1. The van der Waals surface area contributed by atoms with Gasteiger partial charge in [0, 0.05) is 20.1 Å². The Kier molecular flexibility index (Phi) is 5.79. The van der Waals surface area contributed by atoms with E-state index in [4.69, 9.17) is 5.73 Å². The van der Waals surface area contributed by atoms with Crippen molar-refractivity contribution in [1.82, 2.24) is 9.80 Å². The van der Waals surface area contributed by atoms with Gasteiger partial charge in [-0.3, -0.25) is 4.79 Å². The van der Waals surface area contributed by atoms with Crippen molar-refractivity contribution in [2.24, 2.45) is 5.73 Å². The van der Waals surface area contributed by atoms with E-state index in [1.54, 1.807) is 36.2 Å². The highest BCUT2D eigenvalue weighted by Gasteiger charge is 2.18. The molecule has 0 aliphatic heterocycles. The van der Waals surface area contributed by atoms with Gasteiger partial charge in [0.1, 0.15) is 5.75 Å². The van der Waals surface area contributed by atoms with Crippen LogP contribution in [0.15, 0.2) is 24.3 Å². The predicted octanol–water partition coefficient (Wildman–Crippen LogP) is 0.282. The van der Waals surface area contributed by atoms with Gasteiger partial charge in [0.25, 0.3) is 0 Å². The second kappa shape index (κ2) is 7.11. The minimum absolute atomic E-state index is 0.0603. The number of hydrogen-bond acceptors (Lipinski definition) is 4. The highest BCUT2D eigenvalue weighted by molar-refractivity contribution is 5.81. The lowest BCUT2D eigenvalue weighted by Gasteiger charge is -2.23. The quantitative estimate of drug-likeness (QED) is 0.775. The van der Waals surface area contributed by atoms with Crippen molar-refractivity contribution < 1.29 is 9.90 Å². The highest BCUT2D eigenvalue weighted by Crippen LogP contribution is 2.11. The first-order valence-corrected chi connectivity index (χ1v) is 6.33. The summed E-state index contributed by atoms with van der Waals surface area (Å²) in [6.07, 6.45) is 0.478. The summed E-state index contributed by atoms with van der Waals surface area (Å²) in [5, 5.41) is 9.20. The first-order valence-electron chi connectivity index (χ1n) is 6.33. The van der Waals surface area contributed by atoms with Crippen molar-refractivity contribution in [2.75, 3.05) is 34.2 Å². The normalized spacial score (nSPS) is 12.5. The van der Waals surface area contributed by atoms with Gasteiger partial charge in [-0.15, -0.1) is 0 Å². The molecule has 1 amide bonds. The van der Waals surface area contributed by atoms with Gasteiger partial charge in [0.15, 0.2) is 0 Å². The second-order valence-corrected chi connectivity index (χ2v) is 5.04. The van der Waals surface area contributed by atoms with Crippen LogP contribution < -0.4 is 5.73 Å². The molecular formula is C14H23N3O2. The molecule has 0 heterocycles. The third kappa shape index (κ3) is 5.28. The van der Waals surface area contributed by atoms with Crippen molar-refractivity contribution in [2.45, 2.75) is 12.5 Å². The Morgan fingerprint density at radius 3 is 2.32 bits per heavy atom. The van der Waals surface area contributed by atoms with Crippen LogP contribution >= 0.6 is 0 Å². The maximum absolute atomic E-state index is 12.1. The van der Waals surface area contributed by atoms with E-state index in [1.165, 1.54) is 0 Å². The molecule has 3 N–H and O–H groups in total. The first kappa shape index (κ1) is 15.5. The van der Waals surface area contributed by atoms with Gasteiger partial charge in [-0.05, 0) is 38.2 Å². The van der Waals surface area contributed by atoms with Crippen molar-refractivity contribution >= 4 is 5.91 Å². The molecule has 0 spiro atoms. The van der Waals surface area contributed by atoms with E-state index in [-0.39, 0.29) is 11.7 Å². The van der Waals surface area contributed by atoms with Crippen molar-refractivity contribution in [3.63, 3.8) is 0 Å². The molecule has 0 aromatic heterocycles. The van der Waals surface area contributed by atoms with Crippen molar-refractivity contribution in [1.29, 1.82) is 0 Å². The molecule has 5 heteroatoms. The third-order valence-corrected chi connectivity index (χ3v) is 2.97. The van der Waals surface area contributed by atoms with Crippen LogP contribution in [0, 0.1) is 0 Å². The molecule has 0 saturated carbocycles. The number of benzene rings is 1. The average molecular weight is 265 g/mol. The van der Waals surface area contributed by atoms with E-state index >= 15 is 0 Å². The van der Waals surface area contributed by atoms with Gasteiger partial charge in [0.05, 0.1) is 6.04 Å². The number of aromatic hydroxyl groups is 1. The van der Waals surface area contributed by atoms with E-state index in [2.05, 4.69) is 0 Å². The van der Waals surface area contributed by atoms with Crippen LogP contribution in [0.5, 0.6) is 5.75 Å². The van der Waals surface area contributed by atoms with Gasteiger partial charge in [-0.2, -0.15) is 0 Å². The summed E-state index contributed by atoms with van der Waals surface area (Å²) in [4.78, 5) is 15.7. The zero-order valence-electron chi connectivity index (χ0n) is 11.8. The Labute approximate surface area is 114 Å². The lowest BCUT2D eigenvalue weighted by molar-refractivity contribution is -0.131. The van der Waals surface area contributed by atoms with Crippen LogP contribution in [0.4, 0.5) is 0 Å². The number of rotatable bonds is 6. The minimum atomic E-state index is -0.545. The molecular weight excluding hydrogens is 242 g/mol. The maximum atomic E-state index is 12.1. The maximum Gasteiger partial charge on any atom is 0.239 e. The standard InChI is InChI=1S/C14H23N3O2/c1-16(2)8-9-17(3)14(19)13(15)10-11-4-6-12(18)7-5-11/h4-7,13,18H,8-10,15H2,1-3H3. The summed E-state index contributed by atoms with van der Waals surface area (Å²) >= 11 is 0. The number of phenols is 1. The van der Waals surface area contributed by atoms with Gasteiger partial charge >= 0.3 is 0 Å². The van der Waals surface area contributed by atoms with Crippen LogP contribution in [0.1, 0.15) is 5.56 Å². The fourth-order valence-corrected chi connectivity index (χ4v) is 1.72. The van der Waals surface area contributed by atoms with E-state index in [0.717, 1.165) is 12.1 Å². The molecule has 1 aromatic rings. The Hall–Kier alpha value is -1.59. The molecule has 19 heavy (non-hydrogen) atoms. The molecule has 0 fully saturated rings. The number of amides is 1. The van der Waals surface area contributed by atoms with Crippen LogP contribution in [0.3, 0.4) is 0 Å². The highest BCUT2D eigenvalue weighted by atomic mass is 16.3. The van der Waals surface area contributed by atoms with Crippen LogP contribution in [-0.4, -0.2) is 61.1 Å². The summed E-state index contributed by atoms with van der Waals surface area (Å²) in [7, 11) is 5.70. The SMILES string of the molecule is CN(C)CCN(C)C(=O)C(N)Cc1ccc(O)cc1. The lowest BCUT2D eigenvalue weighted by Crippen LogP contribution is -2.45. The average Bonchev–Trinajstić information content (AvgIpc) is 2.37. The van der Waals surface area contributed by atoms with Gasteiger partial charge in [-0.1, -0.05) is 12.1 Å². The Morgan fingerprint density at radius 1 is 1.21 bits per heavy atom. The zero-order valence-corrected chi connectivity index (χ0v) is 11.8. The van der Waals surface area contributed by atoms with Crippen LogP contribution in [-0.2, 0) is 11.2 Å².